The molecule has 2 aromatic rings. The first kappa shape index (κ1) is 15.1. The Morgan fingerprint density at radius 2 is 1.87 bits per heavy atom. The molecule has 1 aliphatic rings. The molecule has 0 aliphatic carbocycles. The van der Waals surface area contributed by atoms with Gasteiger partial charge in [0, 0.05) is 19.2 Å². The fourth-order valence-corrected chi connectivity index (χ4v) is 2.86. The summed E-state index contributed by atoms with van der Waals surface area (Å²) in [5.74, 6) is 0.628. The van der Waals surface area contributed by atoms with Gasteiger partial charge in [-0.1, -0.05) is 0 Å². The van der Waals surface area contributed by atoms with Crippen molar-refractivity contribution in [1.82, 2.24) is 15.4 Å². The van der Waals surface area contributed by atoms with Crippen molar-refractivity contribution in [2.24, 2.45) is 5.73 Å². The lowest BCUT2D eigenvalue weighted by Crippen LogP contribution is -2.18. The monoisotopic (exact) mass is 317 g/mol. The second-order valence-corrected chi connectivity index (χ2v) is 5.30. The molecule has 0 saturated carbocycles. The number of H-pyrrole nitrogens is 1. The van der Waals surface area contributed by atoms with Crippen LogP contribution in [0.4, 0.5) is 5.69 Å². The lowest BCUT2D eigenvalue weighted by atomic mass is 10.1. The Kier molecular flexibility index (Phi) is 4.05. The van der Waals surface area contributed by atoms with Crippen LogP contribution in [0.2, 0.25) is 0 Å². The zero-order chi connectivity index (χ0) is 16.4. The van der Waals surface area contributed by atoms with Crippen LogP contribution in [0.1, 0.15) is 23.3 Å². The number of aromatic nitrogens is 3. The SMILES string of the molecule is COc1cc(N2CCCC2)c(OC)cc1-c1n[nH]nc1C(N)=O. The van der Waals surface area contributed by atoms with Crippen LogP contribution in [-0.4, -0.2) is 48.6 Å². The number of hydrogen-bond donors (Lipinski definition) is 2. The van der Waals surface area contributed by atoms with E-state index in [1.807, 2.05) is 6.07 Å². The standard InChI is InChI=1S/C15H19N5O3/c1-22-11-8-10(20-5-3-4-6-20)12(23-2)7-9(11)13-14(15(16)21)18-19-17-13/h7-8H,3-6H2,1-2H3,(H2,16,21)(H,17,18,19). The van der Waals surface area contributed by atoms with Crippen LogP contribution in [0.25, 0.3) is 11.3 Å². The maximum Gasteiger partial charge on any atom is 0.271 e. The minimum Gasteiger partial charge on any atom is -0.496 e. The maximum atomic E-state index is 11.5. The van der Waals surface area contributed by atoms with Gasteiger partial charge in [0.05, 0.1) is 25.5 Å². The summed E-state index contributed by atoms with van der Waals surface area (Å²) in [5.41, 5.74) is 7.34. The van der Waals surface area contributed by atoms with Crippen LogP contribution >= 0.6 is 0 Å². The topological polar surface area (TPSA) is 106 Å². The van der Waals surface area contributed by atoms with E-state index in [0.717, 1.165) is 31.6 Å². The van der Waals surface area contributed by atoms with E-state index in [4.69, 9.17) is 15.2 Å². The predicted octanol–water partition coefficient (Wildman–Crippen LogP) is 1.19. The number of anilines is 1. The number of aromatic amines is 1. The van der Waals surface area contributed by atoms with Crippen molar-refractivity contribution in [1.29, 1.82) is 0 Å². The van der Waals surface area contributed by atoms with Gasteiger partial charge >= 0.3 is 0 Å². The van der Waals surface area contributed by atoms with Crippen molar-refractivity contribution in [3.8, 4) is 22.8 Å². The molecule has 1 aromatic carbocycles. The third-order valence-corrected chi connectivity index (χ3v) is 3.98. The summed E-state index contributed by atoms with van der Waals surface area (Å²) in [6.07, 6.45) is 2.31. The van der Waals surface area contributed by atoms with Gasteiger partial charge in [-0.05, 0) is 18.9 Å². The van der Waals surface area contributed by atoms with Crippen molar-refractivity contribution < 1.29 is 14.3 Å². The van der Waals surface area contributed by atoms with Crippen LogP contribution in [0, 0.1) is 0 Å². The van der Waals surface area contributed by atoms with Crippen molar-refractivity contribution in [3.63, 3.8) is 0 Å². The molecule has 1 aliphatic heterocycles. The molecule has 122 valence electrons. The van der Waals surface area contributed by atoms with Gasteiger partial charge in [-0.15, -0.1) is 0 Å². The quantitative estimate of drug-likeness (QED) is 0.858. The molecule has 23 heavy (non-hydrogen) atoms. The summed E-state index contributed by atoms with van der Waals surface area (Å²) >= 11 is 0. The van der Waals surface area contributed by atoms with Crippen LogP contribution < -0.4 is 20.1 Å². The zero-order valence-electron chi connectivity index (χ0n) is 13.1. The molecule has 0 radical (unpaired) electrons. The van der Waals surface area contributed by atoms with E-state index in [-0.39, 0.29) is 5.69 Å². The van der Waals surface area contributed by atoms with Crippen molar-refractivity contribution in [2.75, 3.05) is 32.2 Å². The fraction of sp³-hybridized carbons (Fsp3) is 0.400. The molecular formula is C15H19N5O3. The lowest BCUT2D eigenvalue weighted by Gasteiger charge is -2.22. The second kappa shape index (κ2) is 6.15. The Morgan fingerprint density at radius 1 is 1.17 bits per heavy atom. The first-order valence-electron chi connectivity index (χ1n) is 7.37. The van der Waals surface area contributed by atoms with Crippen LogP contribution in [-0.2, 0) is 0 Å². The molecule has 0 unspecified atom stereocenters. The summed E-state index contributed by atoms with van der Waals surface area (Å²) in [4.78, 5) is 13.8. The molecule has 1 aromatic heterocycles. The highest BCUT2D eigenvalue weighted by molar-refractivity contribution is 5.97. The fourth-order valence-electron chi connectivity index (χ4n) is 2.86. The Morgan fingerprint density at radius 3 is 2.48 bits per heavy atom. The largest absolute Gasteiger partial charge is 0.496 e. The van der Waals surface area contributed by atoms with Crippen molar-refractivity contribution in [3.05, 3.63) is 17.8 Å². The smallest absolute Gasteiger partial charge is 0.271 e. The summed E-state index contributed by atoms with van der Waals surface area (Å²) < 4.78 is 11.0. The molecule has 8 nitrogen and oxygen atoms in total. The van der Waals surface area contributed by atoms with Gasteiger partial charge in [0.1, 0.15) is 17.2 Å². The first-order chi connectivity index (χ1) is 11.2. The molecule has 2 heterocycles. The number of hydrogen-bond acceptors (Lipinski definition) is 6. The Hall–Kier alpha value is -2.77. The molecule has 0 atom stereocenters. The van der Waals surface area contributed by atoms with Gasteiger partial charge in [-0.25, -0.2) is 0 Å². The molecule has 3 rings (SSSR count). The van der Waals surface area contributed by atoms with Gasteiger partial charge in [0.25, 0.3) is 5.91 Å². The van der Waals surface area contributed by atoms with E-state index in [1.54, 1.807) is 20.3 Å². The van der Waals surface area contributed by atoms with Crippen LogP contribution in [0.15, 0.2) is 12.1 Å². The number of nitrogens with two attached hydrogens (primary N) is 1. The van der Waals surface area contributed by atoms with Gasteiger partial charge in [0.2, 0.25) is 0 Å². The third kappa shape index (κ3) is 2.67. The predicted molar refractivity (Wildman–Crippen MR) is 84.9 cm³/mol. The number of carbonyl (C=O) groups excluding carboxylic acids is 1. The average molecular weight is 317 g/mol. The number of ether oxygens (including phenoxy) is 2. The summed E-state index contributed by atoms with van der Waals surface area (Å²) in [7, 11) is 3.19. The number of nitrogens with one attached hydrogen (secondary N) is 1. The number of rotatable bonds is 5. The lowest BCUT2D eigenvalue weighted by molar-refractivity contribution is 0.0996. The van der Waals surface area contributed by atoms with E-state index in [0.29, 0.717) is 22.8 Å². The van der Waals surface area contributed by atoms with Crippen LogP contribution in [0.3, 0.4) is 0 Å². The van der Waals surface area contributed by atoms with Gasteiger partial charge in [0.15, 0.2) is 5.69 Å². The van der Waals surface area contributed by atoms with Crippen LogP contribution in [0.5, 0.6) is 11.5 Å². The molecule has 1 saturated heterocycles. The highest BCUT2D eigenvalue weighted by Gasteiger charge is 2.24. The number of amides is 1. The highest BCUT2D eigenvalue weighted by Crippen LogP contribution is 2.41. The first-order valence-corrected chi connectivity index (χ1v) is 7.37. The molecule has 1 fully saturated rings. The van der Waals surface area contributed by atoms with E-state index < -0.39 is 5.91 Å². The van der Waals surface area contributed by atoms with E-state index in [9.17, 15) is 4.79 Å². The number of methoxy groups -OCH3 is 2. The van der Waals surface area contributed by atoms with Crippen molar-refractivity contribution >= 4 is 11.6 Å². The second-order valence-electron chi connectivity index (χ2n) is 5.30. The molecule has 1 amide bonds. The van der Waals surface area contributed by atoms with Gasteiger partial charge < -0.3 is 20.1 Å². The molecule has 0 spiro atoms. The Bertz CT molecular complexity index is 722. The molecule has 3 N–H and O–H groups in total. The van der Waals surface area contributed by atoms with Crippen molar-refractivity contribution in [2.45, 2.75) is 12.8 Å². The number of primary amides is 1. The maximum absolute atomic E-state index is 11.5. The van der Waals surface area contributed by atoms with E-state index in [1.165, 1.54) is 0 Å². The summed E-state index contributed by atoms with van der Waals surface area (Å²) in [6.45, 7) is 1.96. The zero-order valence-corrected chi connectivity index (χ0v) is 13.1. The molecule has 0 bridgehead atoms. The van der Waals surface area contributed by atoms with E-state index in [2.05, 4.69) is 20.3 Å². The summed E-state index contributed by atoms with van der Waals surface area (Å²) in [6, 6.07) is 3.70. The minimum atomic E-state index is -0.654. The molecule has 8 heteroatoms. The Balaban J connectivity index is 2.13. The third-order valence-electron chi connectivity index (χ3n) is 3.98. The highest BCUT2D eigenvalue weighted by atomic mass is 16.5. The van der Waals surface area contributed by atoms with Gasteiger partial charge in [-0.2, -0.15) is 15.4 Å². The van der Waals surface area contributed by atoms with Gasteiger partial charge in [-0.3, -0.25) is 4.79 Å². The van der Waals surface area contributed by atoms with E-state index >= 15 is 0 Å². The minimum absolute atomic E-state index is 0.0688. The summed E-state index contributed by atoms with van der Waals surface area (Å²) in [5, 5.41) is 10.3. The number of benzene rings is 1. The Labute approximate surface area is 133 Å². The molecular weight excluding hydrogens is 298 g/mol. The number of nitrogens with zero attached hydrogens (tertiary/aromatic N) is 3. The normalized spacial score (nSPS) is 14.1. The number of carbonyl (C=O) groups is 1. The average Bonchev–Trinajstić information content (AvgIpc) is 3.24.